The van der Waals surface area contributed by atoms with Crippen molar-refractivity contribution in [1.82, 2.24) is 10.0 Å². The van der Waals surface area contributed by atoms with E-state index >= 15 is 0 Å². The van der Waals surface area contributed by atoms with E-state index in [1.54, 1.807) is 0 Å². The maximum atomic E-state index is 11.4. The van der Waals surface area contributed by atoms with E-state index in [2.05, 4.69) is 15.0 Å². The minimum Gasteiger partial charge on any atom is -0.370 e. The number of nitrogens with one attached hydrogen (secondary N) is 2. The first kappa shape index (κ1) is 15.6. The van der Waals surface area contributed by atoms with Crippen molar-refractivity contribution in [3.63, 3.8) is 0 Å². The van der Waals surface area contributed by atoms with E-state index in [1.165, 1.54) is 12.7 Å². The molecule has 116 valence electrons. The maximum absolute atomic E-state index is 11.4. The number of aliphatic imine (C=N–C) groups is 1. The molecule has 2 rings (SSSR count). The van der Waals surface area contributed by atoms with Crippen LogP contribution in [0.25, 0.3) is 0 Å². The fourth-order valence-corrected chi connectivity index (χ4v) is 3.74. The Morgan fingerprint density at radius 2 is 1.90 bits per heavy atom. The van der Waals surface area contributed by atoms with Crippen LogP contribution in [0.5, 0.6) is 0 Å². The molecule has 0 aromatic rings. The molecule has 0 aliphatic heterocycles. The molecule has 2 aliphatic carbocycles. The highest BCUT2D eigenvalue weighted by Crippen LogP contribution is 2.25. The SMILES string of the molecule is CS(=O)(=O)NC1CCCCC1CN=C(N)NC1CCC1. The smallest absolute Gasteiger partial charge is 0.208 e. The normalized spacial score (nSPS) is 28.9. The van der Waals surface area contributed by atoms with Gasteiger partial charge < -0.3 is 11.1 Å². The number of hydrogen-bond acceptors (Lipinski definition) is 3. The standard InChI is InChI=1S/C13H26N4O2S/c1-20(18,19)17-12-8-3-2-5-10(12)9-15-13(14)16-11-6-4-7-11/h10-12,17H,2-9H2,1H3,(H3,14,15,16). The van der Waals surface area contributed by atoms with E-state index in [-0.39, 0.29) is 12.0 Å². The summed E-state index contributed by atoms with van der Waals surface area (Å²) < 4.78 is 25.5. The Hall–Kier alpha value is -0.820. The summed E-state index contributed by atoms with van der Waals surface area (Å²) in [6.45, 7) is 0.596. The van der Waals surface area contributed by atoms with Gasteiger partial charge in [-0.3, -0.25) is 4.99 Å². The minimum absolute atomic E-state index is 0.000923. The first-order valence-corrected chi connectivity index (χ1v) is 9.37. The second kappa shape index (κ2) is 6.76. The van der Waals surface area contributed by atoms with E-state index in [4.69, 9.17) is 5.73 Å². The van der Waals surface area contributed by atoms with Crippen molar-refractivity contribution in [2.24, 2.45) is 16.6 Å². The van der Waals surface area contributed by atoms with Gasteiger partial charge in [-0.05, 0) is 38.0 Å². The average Bonchev–Trinajstić information content (AvgIpc) is 2.31. The zero-order valence-corrected chi connectivity index (χ0v) is 13.0. The zero-order valence-electron chi connectivity index (χ0n) is 12.1. The van der Waals surface area contributed by atoms with Crippen molar-refractivity contribution in [2.75, 3.05) is 12.8 Å². The molecule has 0 saturated heterocycles. The van der Waals surface area contributed by atoms with Gasteiger partial charge in [-0.2, -0.15) is 0 Å². The van der Waals surface area contributed by atoms with Gasteiger partial charge in [0, 0.05) is 18.6 Å². The molecule has 0 heterocycles. The van der Waals surface area contributed by atoms with E-state index in [0.717, 1.165) is 38.5 Å². The summed E-state index contributed by atoms with van der Waals surface area (Å²) in [5.41, 5.74) is 5.87. The van der Waals surface area contributed by atoms with Crippen molar-refractivity contribution < 1.29 is 8.42 Å². The lowest BCUT2D eigenvalue weighted by Crippen LogP contribution is -2.45. The number of nitrogens with two attached hydrogens (primary N) is 1. The molecule has 4 N–H and O–H groups in total. The quantitative estimate of drug-likeness (QED) is 0.510. The van der Waals surface area contributed by atoms with Crippen molar-refractivity contribution in [3.05, 3.63) is 0 Å². The van der Waals surface area contributed by atoms with Crippen molar-refractivity contribution in [3.8, 4) is 0 Å². The van der Waals surface area contributed by atoms with Crippen LogP contribution in [0.2, 0.25) is 0 Å². The lowest BCUT2D eigenvalue weighted by Gasteiger charge is -2.31. The summed E-state index contributed by atoms with van der Waals surface area (Å²) in [5.74, 6) is 0.749. The summed E-state index contributed by atoms with van der Waals surface area (Å²) in [6, 6.07) is 0.481. The molecular weight excluding hydrogens is 276 g/mol. The average molecular weight is 302 g/mol. The van der Waals surface area contributed by atoms with Gasteiger partial charge >= 0.3 is 0 Å². The zero-order chi connectivity index (χ0) is 14.6. The first-order valence-electron chi connectivity index (χ1n) is 7.48. The molecule has 2 unspecified atom stereocenters. The topological polar surface area (TPSA) is 96.6 Å². The minimum atomic E-state index is -3.15. The molecule has 2 fully saturated rings. The van der Waals surface area contributed by atoms with Gasteiger partial charge in [0.25, 0.3) is 0 Å². The first-order chi connectivity index (χ1) is 9.44. The molecule has 0 radical (unpaired) electrons. The summed E-state index contributed by atoms with van der Waals surface area (Å²) in [7, 11) is -3.15. The predicted molar refractivity (Wildman–Crippen MR) is 81.0 cm³/mol. The van der Waals surface area contributed by atoms with Gasteiger partial charge in [-0.15, -0.1) is 0 Å². The van der Waals surface area contributed by atoms with Crippen molar-refractivity contribution >= 4 is 16.0 Å². The fourth-order valence-electron chi connectivity index (χ4n) is 2.88. The van der Waals surface area contributed by atoms with Crippen LogP contribution >= 0.6 is 0 Å². The Morgan fingerprint density at radius 3 is 2.50 bits per heavy atom. The van der Waals surface area contributed by atoms with E-state index in [9.17, 15) is 8.42 Å². The summed E-state index contributed by atoms with van der Waals surface area (Å²) in [6.07, 6.45) is 8.91. The van der Waals surface area contributed by atoms with Crippen LogP contribution in [0.3, 0.4) is 0 Å². The second-order valence-electron chi connectivity index (χ2n) is 6.04. The van der Waals surface area contributed by atoms with Crippen LogP contribution in [0, 0.1) is 5.92 Å². The molecular formula is C13H26N4O2S. The van der Waals surface area contributed by atoms with Gasteiger partial charge in [0.05, 0.1) is 6.26 Å². The third-order valence-electron chi connectivity index (χ3n) is 4.23. The van der Waals surface area contributed by atoms with E-state index in [0.29, 0.717) is 18.5 Å². The highest BCUT2D eigenvalue weighted by Gasteiger charge is 2.27. The Labute approximate surface area is 121 Å². The van der Waals surface area contributed by atoms with Gasteiger partial charge in [-0.25, -0.2) is 13.1 Å². The predicted octanol–water partition coefficient (Wildman–Crippen LogP) is 0.551. The van der Waals surface area contributed by atoms with Gasteiger partial charge in [0.15, 0.2) is 5.96 Å². The number of nitrogens with zero attached hydrogens (tertiary/aromatic N) is 1. The lowest BCUT2D eigenvalue weighted by molar-refractivity contribution is 0.296. The van der Waals surface area contributed by atoms with Crippen molar-refractivity contribution in [2.45, 2.75) is 57.0 Å². The molecule has 2 atom stereocenters. The second-order valence-corrected chi connectivity index (χ2v) is 7.82. The number of guanidine groups is 1. The molecule has 0 aromatic heterocycles. The number of sulfonamides is 1. The molecule has 6 nitrogen and oxygen atoms in total. The highest BCUT2D eigenvalue weighted by molar-refractivity contribution is 7.88. The largest absolute Gasteiger partial charge is 0.370 e. The van der Waals surface area contributed by atoms with Gasteiger partial charge in [0.1, 0.15) is 0 Å². The monoisotopic (exact) mass is 302 g/mol. The van der Waals surface area contributed by atoms with Crippen LogP contribution in [0.15, 0.2) is 4.99 Å². The van der Waals surface area contributed by atoms with Crippen LogP contribution in [0.4, 0.5) is 0 Å². The highest BCUT2D eigenvalue weighted by atomic mass is 32.2. The molecule has 2 saturated carbocycles. The number of hydrogen-bond donors (Lipinski definition) is 3. The van der Waals surface area contributed by atoms with Crippen LogP contribution < -0.4 is 15.8 Å². The van der Waals surface area contributed by atoms with E-state index < -0.39 is 10.0 Å². The Kier molecular flexibility index (Phi) is 5.26. The number of rotatable bonds is 5. The molecule has 0 spiro atoms. The summed E-state index contributed by atoms with van der Waals surface area (Å²) in [5, 5.41) is 3.21. The van der Waals surface area contributed by atoms with Gasteiger partial charge in [-0.1, -0.05) is 12.8 Å². The van der Waals surface area contributed by atoms with Crippen LogP contribution in [0.1, 0.15) is 44.9 Å². The lowest BCUT2D eigenvalue weighted by atomic mass is 9.85. The van der Waals surface area contributed by atoms with E-state index in [1.807, 2.05) is 0 Å². The molecule has 7 heteroatoms. The van der Waals surface area contributed by atoms with Crippen LogP contribution in [-0.2, 0) is 10.0 Å². The Morgan fingerprint density at radius 1 is 1.20 bits per heavy atom. The van der Waals surface area contributed by atoms with Crippen LogP contribution in [-0.4, -0.2) is 39.3 Å². The third kappa shape index (κ3) is 4.94. The molecule has 0 bridgehead atoms. The summed E-state index contributed by atoms with van der Waals surface area (Å²) in [4.78, 5) is 4.40. The summed E-state index contributed by atoms with van der Waals surface area (Å²) >= 11 is 0. The Bertz CT molecular complexity index is 445. The third-order valence-corrected chi connectivity index (χ3v) is 4.96. The molecule has 0 amide bonds. The Balaban J connectivity index is 1.85. The molecule has 20 heavy (non-hydrogen) atoms. The fraction of sp³-hybridized carbons (Fsp3) is 0.923. The molecule has 2 aliphatic rings. The van der Waals surface area contributed by atoms with Gasteiger partial charge in [0.2, 0.25) is 10.0 Å². The van der Waals surface area contributed by atoms with Crippen molar-refractivity contribution in [1.29, 1.82) is 0 Å². The maximum Gasteiger partial charge on any atom is 0.208 e. The molecule has 0 aromatic carbocycles.